The molecule has 0 saturated carbocycles. The van der Waals surface area contributed by atoms with E-state index >= 15 is 0 Å². The lowest BCUT2D eigenvalue weighted by molar-refractivity contribution is 0.0187. The van der Waals surface area contributed by atoms with E-state index < -0.39 is 13.0 Å². The maximum Gasteiger partial charge on any atom is 0.261 e. The van der Waals surface area contributed by atoms with Crippen molar-refractivity contribution in [2.75, 3.05) is 19.8 Å². The third kappa shape index (κ3) is 4.16. The Kier molecular flexibility index (Phi) is 5.13. The van der Waals surface area contributed by atoms with Gasteiger partial charge in [-0.2, -0.15) is 0 Å². The molecule has 0 aliphatic rings. The molecule has 1 aromatic carbocycles. The van der Waals surface area contributed by atoms with Crippen molar-refractivity contribution in [3.05, 3.63) is 35.0 Å². The third-order valence-corrected chi connectivity index (χ3v) is 2.95. The predicted molar refractivity (Wildman–Crippen MR) is 71.8 cm³/mol. The number of aromatic amines is 1. The molecule has 0 unspecified atom stereocenters. The van der Waals surface area contributed by atoms with Crippen molar-refractivity contribution in [1.29, 1.82) is 0 Å². The number of hydrogen-bond donors (Lipinski definition) is 2. The number of halogens is 3. The molecule has 0 radical (unpaired) electrons. The van der Waals surface area contributed by atoms with Crippen LogP contribution in [0.3, 0.4) is 0 Å². The molecule has 0 bridgehead atoms. The zero-order valence-corrected chi connectivity index (χ0v) is 11.0. The maximum atomic E-state index is 11.8. The topological polar surface area (TPSA) is 37.0 Å². The Labute approximate surface area is 114 Å². The molecule has 0 amide bonds. The van der Waals surface area contributed by atoms with E-state index in [0.29, 0.717) is 18.1 Å². The van der Waals surface area contributed by atoms with E-state index in [9.17, 15) is 8.78 Å². The molecule has 104 valence electrons. The van der Waals surface area contributed by atoms with Crippen LogP contribution in [0.1, 0.15) is 5.56 Å². The summed E-state index contributed by atoms with van der Waals surface area (Å²) < 4.78 is 28.4. The molecule has 1 aromatic heterocycles. The molecule has 0 saturated heterocycles. The minimum Gasteiger partial charge on any atom is -0.374 e. The summed E-state index contributed by atoms with van der Waals surface area (Å²) in [6.45, 7) is 0.957. The molecule has 0 atom stereocenters. The number of H-pyrrole nitrogens is 1. The highest BCUT2D eigenvalue weighted by atomic mass is 35.5. The van der Waals surface area contributed by atoms with Gasteiger partial charge in [0.25, 0.3) is 6.43 Å². The second kappa shape index (κ2) is 6.84. The van der Waals surface area contributed by atoms with E-state index in [1.165, 1.54) is 0 Å². The Balaban J connectivity index is 1.79. The highest BCUT2D eigenvalue weighted by Gasteiger charge is 2.04. The van der Waals surface area contributed by atoms with E-state index in [-0.39, 0.29) is 6.61 Å². The van der Waals surface area contributed by atoms with E-state index in [2.05, 4.69) is 10.3 Å². The number of nitrogens with one attached hydrogen (secondary N) is 2. The average molecular weight is 289 g/mol. The monoisotopic (exact) mass is 288 g/mol. The van der Waals surface area contributed by atoms with E-state index in [1.54, 1.807) is 0 Å². The van der Waals surface area contributed by atoms with Crippen LogP contribution in [0.4, 0.5) is 8.78 Å². The van der Waals surface area contributed by atoms with Crippen LogP contribution in [-0.2, 0) is 11.3 Å². The fourth-order valence-electron chi connectivity index (χ4n) is 1.84. The summed E-state index contributed by atoms with van der Waals surface area (Å²) in [6.07, 6.45) is -0.494. The van der Waals surface area contributed by atoms with Gasteiger partial charge in [-0.1, -0.05) is 17.7 Å². The molecule has 6 heteroatoms. The van der Waals surface area contributed by atoms with Gasteiger partial charge in [0.2, 0.25) is 0 Å². The van der Waals surface area contributed by atoms with Gasteiger partial charge in [0.05, 0.1) is 6.61 Å². The van der Waals surface area contributed by atoms with Crippen molar-refractivity contribution < 1.29 is 13.5 Å². The smallest absolute Gasteiger partial charge is 0.261 e. The molecule has 0 fully saturated rings. The maximum absolute atomic E-state index is 11.8. The molecule has 3 nitrogen and oxygen atoms in total. The van der Waals surface area contributed by atoms with Crippen molar-refractivity contribution in [3.63, 3.8) is 0 Å². The quantitative estimate of drug-likeness (QED) is 0.768. The Morgan fingerprint density at radius 2 is 2.21 bits per heavy atom. The number of fused-ring (bicyclic) bond motifs is 1. The van der Waals surface area contributed by atoms with Crippen LogP contribution < -0.4 is 5.32 Å². The van der Waals surface area contributed by atoms with Gasteiger partial charge < -0.3 is 15.0 Å². The summed E-state index contributed by atoms with van der Waals surface area (Å²) in [6, 6.07) is 5.66. The molecule has 1 heterocycles. The van der Waals surface area contributed by atoms with Gasteiger partial charge in [-0.25, -0.2) is 8.78 Å². The van der Waals surface area contributed by atoms with Gasteiger partial charge in [0.15, 0.2) is 0 Å². The first kappa shape index (κ1) is 14.2. The summed E-state index contributed by atoms with van der Waals surface area (Å²) in [5.74, 6) is 0. The number of rotatable bonds is 7. The van der Waals surface area contributed by atoms with Crippen LogP contribution in [0.2, 0.25) is 5.02 Å². The molecule has 0 aliphatic heterocycles. The molecule has 2 N–H and O–H groups in total. The Bertz CT molecular complexity index is 530. The lowest BCUT2D eigenvalue weighted by Crippen LogP contribution is -2.20. The Morgan fingerprint density at radius 3 is 3.00 bits per heavy atom. The largest absolute Gasteiger partial charge is 0.374 e. The normalized spacial score (nSPS) is 11.6. The van der Waals surface area contributed by atoms with Gasteiger partial charge >= 0.3 is 0 Å². The fraction of sp³-hybridized carbons (Fsp3) is 0.385. The number of alkyl halides is 2. The third-order valence-electron chi connectivity index (χ3n) is 2.71. The van der Waals surface area contributed by atoms with Gasteiger partial charge in [0, 0.05) is 35.2 Å². The van der Waals surface area contributed by atoms with Gasteiger partial charge in [-0.15, -0.1) is 0 Å². The predicted octanol–water partition coefficient (Wildman–Crippen LogP) is 3.19. The first-order chi connectivity index (χ1) is 9.16. The van der Waals surface area contributed by atoms with Gasteiger partial charge in [0.1, 0.15) is 6.61 Å². The number of benzene rings is 1. The Hall–Kier alpha value is -1.17. The molecule has 0 aliphatic carbocycles. The van der Waals surface area contributed by atoms with Crippen LogP contribution in [0.15, 0.2) is 24.4 Å². The van der Waals surface area contributed by atoms with Crippen LogP contribution >= 0.6 is 11.6 Å². The molecular weight excluding hydrogens is 274 g/mol. The van der Waals surface area contributed by atoms with E-state index in [0.717, 1.165) is 16.5 Å². The minimum absolute atomic E-state index is 0.276. The Morgan fingerprint density at radius 1 is 1.37 bits per heavy atom. The van der Waals surface area contributed by atoms with Crippen LogP contribution in [-0.4, -0.2) is 31.2 Å². The summed E-state index contributed by atoms with van der Waals surface area (Å²) in [5.41, 5.74) is 2.10. The van der Waals surface area contributed by atoms with Crippen molar-refractivity contribution in [2.24, 2.45) is 0 Å². The lowest BCUT2D eigenvalue weighted by atomic mass is 10.2. The molecule has 19 heavy (non-hydrogen) atoms. The number of hydrogen-bond acceptors (Lipinski definition) is 2. The van der Waals surface area contributed by atoms with Crippen LogP contribution in [0.25, 0.3) is 10.9 Å². The zero-order valence-electron chi connectivity index (χ0n) is 10.3. The van der Waals surface area contributed by atoms with Crippen LogP contribution in [0.5, 0.6) is 0 Å². The van der Waals surface area contributed by atoms with E-state index in [4.69, 9.17) is 16.3 Å². The minimum atomic E-state index is -2.40. The van der Waals surface area contributed by atoms with Crippen molar-refractivity contribution in [3.8, 4) is 0 Å². The second-order valence-electron chi connectivity index (χ2n) is 4.15. The number of ether oxygens (including phenoxy) is 1. The fourth-order valence-corrected chi connectivity index (χ4v) is 2.02. The van der Waals surface area contributed by atoms with Crippen molar-refractivity contribution in [2.45, 2.75) is 13.0 Å². The number of aromatic nitrogens is 1. The summed E-state index contributed by atoms with van der Waals surface area (Å²) >= 11 is 5.90. The first-order valence-electron chi connectivity index (χ1n) is 5.99. The summed E-state index contributed by atoms with van der Waals surface area (Å²) in [5, 5.41) is 4.94. The highest BCUT2D eigenvalue weighted by Crippen LogP contribution is 2.21. The molecular formula is C13H15ClF2N2O. The summed E-state index contributed by atoms with van der Waals surface area (Å²) in [7, 11) is 0. The van der Waals surface area contributed by atoms with Crippen molar-refractivity contribution >= 4 is 22.5 Å². The van der Waals surface area contributed by atoms with Gasteiger partial charge in [-0.05, 0) is 17.7 Å². The molecule has 0 spiro atoms. The molecule has 2 rings (SSSR count). The van der Waals surface area contributed by atoms with Crippen molar-refractivity contribution in [1.82, 2.24) is 10.3 Å². The zero-order chi connectivity index (χ0) is 13.7. The van der Waals surface area contributed by atoms with Crippen LogP contribution in [0, 0.1) is 0 Å². The second-order valence-corrected chi connectivity index (χ2v) is 4.58. The first-order valence-corrected chi connectivity index (χ1v) is 6.37. The van der Waals surface area contributed by atoms with Gasteiger partial charge in [-0.3, -0.25) is 0 Å². The standard InChI is InChI=1S/C13H15ClF2N2O/c14-10-1-2-11-9(7-18-12(11)5-10)6-17-3-4-19-8-13(15)16/h1-2,5,7,13,17-18H,3-4,6,8H2. The summed E-state index contributed by atoms with van der Waals surface area (Å²) in [4.78, 5) is 3.14. The lowest BCUT2D eigenvalue weighted by Gasteiger charge is -2.05. The molecule has 2 aromatic rings. The van der Waals surface area contributed by atoms with E-state index in [1.807, 2.05) is 24.4 Å². The average Bonchev–Trinajstić information content (AvgIpc) is 2.75. The SMILES string of the molecule is FC(F)COCCNCc1c[nH]c2cc(Cl)ccc12. The highest BCUT2D eigenvalue weighted by molar-refractivity contribution is 6.31.